The van der Waals surface area contributed by atoms with E-state index in [-0.39, 0.29) is 47.0 Å². The SMILES string of the molecule is Cl.[2H]C([2H])(OC(=O)C1=C(C)NC(C)=C(C(=O)OC)C1c1cccc([N+](=O)[O-])c1)C([2H])([2H])N(C)Cc1ccccc1. The molecule has 0 spiro atoms. The number of ether oxygens (including phenoxy) is 2. The molecule has 2 aromatic carbocycles. The Morgan fingerprint density at radius 2 is 1.72 bits per heavy atom. The minimum Gasteiger partial charge on any atom is -0.466 e. The average molecular weight is 520 g/mol. The van der Waals surface area contributed by atoms with Gasteiger partial charge in [0.15, 0.2) is 0 Å². The normalized spacial score (nSPS) is 17.6. The topological polar surface area (TPSA) is 111 Å². The van der Waals surface area contributed by atoms with E-state index in [1.807, 2.05) is 0 Å². The molecule has 1 N–H and O–H groups in total. The summed E-state index contributed by atoms with van der Waals surface area (Å²) >= 11 is 0. The summed E-state index contributed by atoms with van der Waals surface area (Å²) in [7, 11) is 2.50. The molecule has 0 aromatic heterocycles. The second-order valence-electron chi connectivity index (χ2n) is 7.92. The van der Waals surface area contributed by atoms with Crippen LogP contribution in [0.25, 0.3) is 0 Å². The Balaban J connectivity index is 0.00000560. The number of methoxy groups -OCH3 is 1. The Hall–Kier alpha value is -3.69. The lowest BCUT2D eigenvalue weighted by atomic mass is 9.80. The van der Waals surface area contributed by atoms with Crippen molar-refractivity contribution in [1.82, 2.24) is 10.2 Å². The molecule has 0 fully saturated rings. The lowest BCUT2D eigenvalue weighted by Crippen LogP contribution is -2.33. The van der Waals surface area contributed by atoms with Crippen LogP contribution in [0, 0.1) is 10.1 Å². The second kappa shape index (κ2) is 12.9. The van der Waals surface area contributed by atoms with Crippen molar-refractivity contribution < 1.29 is 29.5 Å². The minimum atomic E-state index is -3.14. The molecular weight excluding hydrogens is 486 g/mol. The summed E-state index contributed by atoms with van der Waals surface area (Å²) < 4.78 is 43.7. The van der Waals surface area contributed by atoms with Gasteiger partial charge in [-0.05, 0) is 32.0 Å². The van der Waals surface area contributed by atoms with Gasteiger partial charge >= 0.3 is 11.9 Å². The van der Waals surface area contributed by atoms with Crippen LogP contribution < -0.4 is 5.32 Å². The van der Waals surface area contributed by atoms with E-state index in [9.17, 15) is 19.7 Å². The van der Waals surface area contributed by atoms with Crippen molar-refractivity contribution in [2.45, 2.75) is 26.3 Å². The number of benzene rings is 2. The van der Waals surface area contributed by atoms with Crippen molar-refractivity contribution >= 4 is 30.0 Å². The van der Waals surface area contributed by atoms with Gasteiger partial charge in [0.2, 0.25) is 0 Å². The molecule has 192 valence electrons. The van der Waals surface area contributed by atoms with Gasteiger partial charge in [-0.25, -0.2) is 9.59 Å². The van der Waals surface area contributed by atoms with Crippen LogP contribution in [0.3, 0.4) is 0 Å². The molecular formula is C26H30ClN3O6. The van der Waals surface area contributed by atoms with Crippen molar-refractivity contribution in [2.24, 2.45) is 0 Å². The first-order valence-electron chi connectivity index (χ1n) is 12.7. The van der Waals surface area contributed by atoms with Gasteiger partial charge in [-0.15, -0.1) is 12.4 Å². The molecule has 0 bridgehead atoms. The summed E-state index contributed by atoms with van der Waals surface area (Å²) in [4.78, 5) is 38.3. The van der Waals surface area contributed by atoms with Crippen molar-refractivity contribution in [2.75, 3.05) is 27.2 Å². The van der Waals surface area contributed by atoms with Gasteiger partial charge in [0.25, 0.3) is 5.69 Å². The molecule has 1 atom stereocenters. The van der Waals surface area contributed by atoms with Crippen molar-refractivity contribution in [3.8, 4) is 0 Å². The van der Waals surface area contributed by atoms with Crippen LogP contribution >= 0.6 is 12.4 Å². The number of esters is 2. The maximum Gasteiger partial charge on any atom is 0.336 e. The Kier molecular flexibility index (Phi) is 8.12. The number of non-ortho nitro benzene ring substituents is 1. The minimum absolute atomic E-state index is 0. The number of carbonyl (C=O) groups is 2. The van der Waals surface area contributed by atoms with Gasteiger partial charge in [-0.1, -0.05) is 42.5 Å². The monoisotopic (exact) mass is 519 g/mol. The molecule has 0 saturated carbocycles. The standard InChI is InChI=1S/C26H29N3O6.ClH/c1-17-22(25(30)34-4)24(20-11-8-12-21(15-20)29(32)33)23(18(2)27-17)26(31)35-14-13-28(3)16-19-9-6-5-7-10-19;/h5-12,15,24,27H,13-14,16H2,1-4H3;1H/i13D2,14D2;. The summed E-state index contributed by atoms with van der Waals surface area (Å²) in [6.45, 7) is -2.81. The van der Waals surface area contributed by atoms with Crippen LogP contribution in [-0.4, -0.2) is 49.0 Å². The number of likely N-dealkylation sites (N-methyl/N-ethyl adjacent to an activating group) is 1. The molecule has 9 nitrogen and oxygen atoms in total. The smallest absolute Gasteiger partial charge is 0.336 e. The fourth-order valence-electron chi connectivity index (χ4n) is 3.90. The van der Waals surface area contributed by atoms with Crippen LogP contribution in [0.15, 0.2) is 77.1 Å². The molecule has 1 heterocycles. The molecule has 1 aliphatic rings. The molecule has 2 aromatic rings. The Labute approximate surface area is 221 Å². The fraction of sp³-hybridized carbons (Fsp3) is 0.308. The maximum atomic E-state index is 13.6. The van der Waals surface area contributed by atoms with Crippen molar-refractivity contribution in [1.29, 1.82) is 0 Å². The van der Waals surface area contributed by atoms with Crippen LogP contribution in [0.2, 0.25) is 0 Å². The number of hydrogen-bond donors (Lipinski definition) is 1. The number of rotatable bonds is 9. The zero-order valence-electron chi connectivity index (χ0n) is 24.2. The maximum absolute atomic E-state index is 13.6. The number of nitrogens with zero attached hydrogens (tertiary/aromatic N) is 2. The van der Waals surface area contributed by atoms with E-state index >= 15 is 0 Å². The molecule has 10 heteroatoms. The Morgan fingerprint density at radius 1 is 1.08 bits per heavy atom. The molecule has 0 amide bonds. The number of halogens is 1. The Morgan fingerprint density at radius 3 is 2.33 bits per heavy atom. The molecule has 1 unspecified atom stereocenters. The highest BCUT2D eigenvalue weighted by Gasteiger charge is 2.38. The molecule has 0 saturated heterocycles. The fourth-order valence-corrected chi connectivity index (χ4v) is 3.90. The number of allylic oxidation sites excluding steroid dienone is 2. The summed E-state index contributed by atoms with van der Waals surface area (Å²) in [5.41, 5.74) is 0.917. The molecule has 0 radical (unpaired) electrons. The lowest BCUT2D eigenvalue weighted by Gasteiger charge is -2.30. The van der Waals surface area contributed by atoms with E-state index < -0.39 is 35.8 Å². The predicted molar refractivity (Wildman–Crippen MR) is 137 cm³/mol. The van der Waals surface area contributed by atoms with E-state index in [0.29, 0.717) is 5.70 Å². The Bertz CT molecular complexity index is 1350. The van der Waals surface area contributed by atoms with E-state index in [1.165, 1.54) is 38.2 Å². The van der Waals surface area contributed by atoms with E-state index in [1.54, 1.807) is 37.3 Å². The average Bonchev–Trinajstić information content (AvgIpc) is 2.87. The predicted octanol–water partition coefficient (Wildman–Crippen LogP) is 4.10. The van der Waals surface area contributed by atoms with Crippen LogP contribution in [0.1, 0.15) is 36.4 Å². The molecule has 36 heavy (non-hydrogen) atoms. The highest BCUT2D eigenvalue weighted by Crippen LogP contribution is 2.40. The molecule has 3 rings (SSSR count). The quantitative estimate of drug-likeness (QED) is 0.299. The van der Waals surface area contributed by atoms with Crippen LogP contribution in [0.5, 0.6) is 0 Å². The van der Waals surface area contributed by atoms with Crippen molar-refractivity contribution in [3.63, 3.8) is 0 Å². The third kappa shape index (κ3) is 6.71. The summed E-state index contributed by atoms with van der Waals surface area (Å²) in [6, 6.07) is 14.2. The second-order valence-corrected chi connectivity index (χ2v) is 7.92. The van der Waals surface area contributed by atoms with Gasteiger partial charge in [-0.3, -0.25) is 15.0 Å². The van der Waals surface area contributed by atoms with Gasteiger partial charge in [-0.2, -0.15) is 0 Å². The van der Waals surface area contributed by atoms with Gasteiger partial charge in [0, 0.05) is 39.3 Å². The first kappa shape index (κ1) is 22.8. The number of nitro groups is 1. The summed E-state index contributed by atoms with van der Waals surface area (Å²) in [6.07, 6.45) is 0. The number of nitrogens with one attached hydrogen (secondary N) is 1. The highest BCUT2D eigenvalue weighted by atomic mass is 35.5. The van der Waals surface area contributed by atoms with Gasteiger partial charge < -0.3 is 14.8 Å². The van der Waals surface area contributed by atoms with E-state index in [2.05, 4.69) is 5.32 Å². The number of nitro benzene ring substituents is 1. The zero-order chi connectivity index (χ0) is 29.1. The van der Waals surface area contributed by atoms with E-state index in [4.69, 9.17) is 15.0 Å². The van der Waals surface area contributed by atoms with Crippen LogP contribution in [0.4, 0.5) is 5.69 Å². The summed E-state index contributed by atoms with van der Waals surface area (Å²) in [5.74, 6) is -3.27. The highest BCUT2D eigenvalue weighted by molar-refractivity contribution is 5.99. The number of hydrogen-bond acceptors (Lipinski definition) is 8. The number of carbonyl (C=O) groups excluding carboxylic acids is 2. The third-order valence-corrected chi connectivity index (χ3v) is 5.44. The number of dihydropyridines is 1. The zero-order valence-corrected chi connectivity index (χ0v) is 21.0. The summed E-state index contributed by atoms with van der Waals surface area (Å²) in [5, 5.41) is 14.3. The van der Waals surface area contributed by atoms with Crippen LogP contribution in [-0.2, 0) is 25.6 Å². The van der Waals surface area contributed by atoms with Gasteiger partial charge in [0.05, 0.1) is 31.8 Å². The lowest BCUT2D eigenvalue weighted by molar-refractivity contribution is -0.384. The molecule has 0 aliphatic carbocycles. The largest absolute Gasteiger partial charge is 0.466 e. The van der Waals surface area contributed by atoms with Gasteiger partial charge in [0.1, 0.15) is 6.56 Å². The van der Waals surface area contributed by atoms with Crippen molar-refractivity contribution in [3.05, 3.63) is 98.4 Å². The van der Waals surface area contributed by atoms with E-state index in [0.717, 1.165) is 17.6 Å². The first-order valence-corrected chi connectivity index (χ1v) is 10.7. The molecule has 1 aliphatic heterocycles. The third-order valence-electron chi connectivity index (χ3n) is 5.44. The first-order chi connectivity index (χ1) is 18.2.